The zero-order valence-corrected chi connectivity index (χ0v) is 6.91. The number of hydrogen-bond acceptors (Lipinski definition) is 3. The van der Waals surface area contributed by atoms with Crippen LogP contribution in [0, 0.1) is 5.92 Å². The summed E-state index contributed by atoms with van der Waals surface area (Å²) >= 11 is 0. The summed E-state index contributed by atoms with van der Waals surface area (Å²) in [5, 5.41) is 8.85. The summed E-state index contributed by atoms with van der Waals surface area (Å²) in [5.74, 6) is -0.343. The SMILES string of the molecule is C=CC(O)C(=O)OCC(C)C. The van der Waals surface area contributed by atoms with E-state index >= 15 is 0 Å². The van der Waals surface area contributed by atoms with Gasteiger partial charge in [0.05, 0.1) is 6.61 Å². The number of rotatable bonds is 4. The summed E-state index contributed by atoms with van der Waals surface area (Å²) in [6, 6.07) is 0. The van der Waals surface area contributed by atoms with Gasteiger partial charge in [0.1, 0.15) is 0 Å². The predicted molar refractivity (Wildman–Crippen MR) is 42.0 cm³/mol. The summed E-state index contributed by atoms with van der Waals surface area (Å²) in [7, 11) is 0. The van der Waals surface area contributed by atoms with E-state index in [0.29, 0.717) is 6.61 Å². The van der Waals surface area contributed by atoms with Gasteiger partial charge in [-0.25, -0.2) is 4.79 Å². The number of ether oxygens (including phenoxy) is 1. The summed E-state index contributed by atoms with van der Waals surface area (Å²) in [4.78, 5) is 10.7. The molecule has 11 heavy (non-hydrogen) atoms. The Hall–Kier alpha value is -0.830. The van der Waals surface area contributed by atoms with Gasteiger partial charge in [-0.1, -0.05) is 26.5 Å². The fourth-order valence-corrected chi connectivity index (χ4v) is 0.430. The van der Waals surface area contributed by atoms with Crippen molar-refractivity contribution in [1.29, 1.82) is 0 Å². The number of aliphatic hydroxyl groups is 1. The molecule has 1 N–H and O–H groups in total. The zero-order valence-electron chi connectivity index (χ0n) is 6.91. The first-order valence-electron chi connectivity index (χ1n) is 3.55. The second-order valence-electron chi connectivity index (χ2n) is 2.70. The molecule has 0 aromatic heterocycles. The Labute approximate surface area is 66.7 Å². The van der Waals surface area contributed by atoms with E-state index in [2.05, 4.69) is 6.58 Å². The smallest absolute Gasteiger partial charge is 0.339 e. The normalized spacial score (nSPS) is 12.7. The van der Waals surface area contributed by atoms with Gasteiger partial charge in [0.15, 0.2) is 6.10 Å². The molecule has 0 aliphatic heterocycles. The Morgan fingerprint density at radius 1 is 1.73 bits per heavy atom. The number of esters is 1. The number of aliphatic hydroxyl groups excluding tert-OH is 1. The Bertz CT molecular complexity index is 140. The van der Waals surface area contributed by atoms with Crippen LogP contribution in [-0.4, -0.2) is 23.8 Å². The summed E-state index contributed by atoms with van der Waals surface area (Å²) in [6.07, 6.45) is -0.0448. The van der Waals surface area contributed by atoms with Crippen molar-refractivity contribution in [1.82, 2.24) is 0 Å². The molecule has 0 amide bonds. The van der Waals surface area contributed by atoms with E-state index in [4.69, 9.17) is 9.84 Å². The van der Waals surface area contributed by atoms with Gasteiger partial charge in [0.25, 0.3) is 0 Å². The first-order chi connectivity index (χ1) is 5.07. The molecule has 0 rings (SSSR count). The maximum absolute atomic E-state index is 10.7. The maximum atomic E-state index is 10.7. The van der Waals surface area contributed by atoms with Crippen molar-refractivity contribution >= 4 is 5.97 Å². The van der Waals surface area contributed by atoms with Crippen LogP contribution in [-0.2, 0) is 9.53 Å². The van der Waals surface area contributed by atoms with Crippen molar-refractivity contribution in [3.8, 4) is 0 Å². The Balaban J connectivity index is 3.60. The highest BCUT2D eigenvalue weighted by Crippen LogP contribution is 1.95. The Morgan fingerprint density at radius 2 is 2.27 bits per heavy atom. The summed E-state index contributed by atoms with van der Waals surface area (Å²) < 4.78 is 4.70. The third-order valence-electron chi connectivity index (χ3n) is 1.02. The highest BCUT2D eigenvalue weighted by molar-refractivity contribution is 5.76. The summed E-state index contributed by atoms with van der Waals surface area (Å²) in [5.41, 5.74) is 0. The molecule has 1 atom stereocenters. The first-order valence-corrected chi connectivity index (χ1v) is 3.55. The summed E-state index contributed by atoms with van der Waals surface area (Å²) in [6.45, 7) is 7.44. The highest BCUT2D eigenvalue weighted by Gasteiger charge is 2.11. The molecule has 0 aliphatic rings. The molecule has 0 saturated carbocycles. The van der Waals surface area contributed by atoms with Crippen molar-refractivity contribution < 1.29 is 14.6 Å². The van der Waals surface area contributed by atoms with E-state index in [9.17, 15) is 4.79 Å². The lowest BCUT2D eigenvalue weighted by atomic mass is 10.2. The van der Waals surface area contributed by atoms with Gasteiger partial charge in [-0.2, -0.15) is 0 Å². The monoisotopic (exact) mass is 158 g/mol. The van der Waals surface area contributed by atoms with Crippen LogP contribution in [0.5, 0.6) is 0 Å². The Morgan fingerprint density at radius 3 is 2.64 bits per heavy atom. The molecule has 0 radical (unpaired) electrons. The molecule has 1 unspecified atom stereocenters. The number of carbonyl (C=O) groups excluding carboxylic acids is 1. The van der Waals surface area contributed by atoms with Crippen LogP contribution < -0.4 is 0 Å². The van der Waals surface area contributed by atoms with E-state index < -0.39 is 12.1 Å². The van der Waals surface area contributed by atoms with Gasteiger partial charge in [-0.3, -0.25) is 0 Å². The number of hydrogen-bond donors (Lipinski definition) is 1. The van der Waals surface area contributed by atoms with Gasteiger partial charge in [0, 0.05) is 0 Å². The first kappa shape index (κ1) is 10.2. The average molecular weight is 158 g/mol. The topological polar surface area (TPSA) is 46.5 Å². The maximum Gasteiger partial charge on any atom is 0.339 e. The van der Waals surface area contributed by atoms with E-state index in [0.717, 1.165) is 6.08 Å². The average Bonchev–Trinajstić information content (AvgIpc) is 1.98. The lowest BCUT2D eigenvalue weighted by Gasteiger charge is -2.08. The molecule has 0 aliphatic carbocycles. The molecular formula is C8H14O3. The van der Waals surface area contributed by atoms with Gasteiger partial charge < -0.3 is 9.84 Å². The molecule has 0 fully saturated rings. The van der Waals surface area contributed by atoms with E-state index in [1.807, 2.05) is 13.8 Å². The van der Waals surface area contributed by atoms with Crippen molar-refractivity contribution in [2.24, 2.45) is 5.92 Å². The fourth-order valence-electron chi connectivity index (χ4n) is 0.430. The second-order valence-corrected chi connectivity index (χ2v) is 2.70. The second kappa shape index (κ2) is 4.91. The van der Waals surface area contributed by atoms with Crippen LogP contribution in [0.1, 0.15) is 13.8 Å². The van der Waals surface area contributed by atoms with Crippen molar-refractivity contribution in [2.75, 3.05) is 6.61 Å². The van der Waals surface area contributed by atoms with Crippen LogP contribution in [0.4, 0.5) is 0 Å². The zero-order chi connectivity index (χ0) is 8.85. The van der Waals surface area contributed by atoms with Crippen LogP contribution in [0.15, 0.2) is 12.7 Å². The van der Waals surface area contributed by atoms with Gasteiger partial charge in [0.2, 0.25) is 0 Å². The standard InChI is InChI=1S/C8H14O3/c1-4-7(9)8(10)11-5-6(2)3/h4,6-7,9H,1,5H2,2-3H3. The molecule has 3 nitrogen and oxygen atoms in total. The molecule has 0 bridgehead atoms. The lowest BCUT2D eigenvalue weighted by molar-refractivity contribution is -0.151. The van der Waals surface area contributed by atoms with Crippen molar-refractivity contribution in [3.05, 3.63) is 12.7 Å². The minimum Gasteiger partial charge on any atom is -0.463 e. The van der Waals surface area contributed by atoms with E-state index in [1.165, 1.54) is 0 Å². The van der Waals surface area contributed by atoms with E-state index in [-0.39, 0.29) is 5.92 Å². The number of carbonyl (C=O) groups is 1. The molecule has 3 heteroatoms. The molecule has 0 spiro atoms. The minimum atomic E-state index is -1.19. The van der Waals surface area contributed by atoms with Gasteiger partial charge in [-0.15, -0.1) is 0 Å². The van der Waals surface area contributed by atoms with Crippen LogP contribution in [0.3, 0.4) is 0 Å². The van der Waals surface area contributed by atoms with Crippen LogP contribution >= 0.6 is 0 Å². The van der Waals surface area contributed by atoms with Gasteiger partial charge in [-0.05, 0) is 5.92 Å². The third-order valence-corrected chi connectivity index (χ3v) is 1.02. The van der Waals surface area contributed by atoms with Crippen molar-refractivity contribution in [2.45, 2.75) is 20.0 Å². The molecule has 0 aromatic rings. The lowest BCUT2D eigenvalue weighted by Crippen LogP contribution is -2.22. The van der Waals surface area contributed by atoms with Gasteiger partial charge >= 0.3 is 5.97 Å². The van der Waals surface area contributed by atoms with Crippen molar-refractivity contribution in [3.63, 3.8) is 0 Å². The molecular weight excluding hydrogens is 144 g/mol. The quantitative estimate of drug-likeness (QED) is 0.484. The fraction of sp³-hybridized carbons (Fsp3) is 0.625. The van der Waals surface area contributed by atoms with E-state index in [1.54, 1.807) is 0 Å². The highest BCUT2D eigenvalue weighted by atomic mass is 16.5. The Kier molecular flexibility index (Phi) is 4.54. The molecule has 0 aromatic carbocycles. The molecule has 0 saturated heterocycles. The largest absolute Gasteiger partial charge is 0.463 e. The molecule has 64 valence electrons. The third kappa shape index (κ3) is 4.56. The minimum absolute atomic E-state index is 0.288. The van der Waals surface area contributed by atoms with Crippen LogP contribution in [0.25, 0.3) is 0 Å². The predicted octanol–water partition coefficient (Wildman–Crippen LogP) is 0.732. The molecule has 0 heterocycles. The van der Waals surface area contributed by atoms with Crippen LogP contribution in [0.2, 0.25) is 0 Å².